The summed E-state index contributed by atoms with van der Waals surface area (Å²) >= 11 is 0. The summed E-state index contributed by atoms with van der Waals surface area (Å²) in [6, 6.07) is 0. The van der Waals surface area contributed by atoms with E-state index in [1.807, 2.05) is 6.92 Å². The standard InChI is InChI=1S/C7H13N3O2/c1-6(12-2)3-10-7(4-11)8-5-9-10/h5-6,11H,3-4H2,1-2H3. The van der Waals surface area contributed by atoms with Gasteiger partial charge in [0.2, 0.25) is 0 Å². The van der Waals surface area contributed by atoms with Crippen molar-refractivity contribution in [3.8, 4) is 0 Å². The number of rotatable bonds is 4. The van der Waals surface area contributed by atoms with E-state index in [1.54, 1.807) is 11.8 Å². The average molecular weight is 171 g/mol. The van der Waals surface area contributed by atoms with E-state index >= 15 is 0 Å². The van der Waals surface area contributed by atoms with E-state index in [9.17, 15) is 0 Å². The molecule has 0 fully saturated rings. The van der Waals surface area contributed by atoms with Crippen LogP contribution < -0.4 is 0 Å². The highest BCUT2D eigenvalue weighted by atomic mass is 16.5. The molecule has 0 aliphatic carbocycles. The van der Waals surface area contributed by atoms with Gasteiger partial charge in [0, 0.05) is 7.11 Å². The van der Waals surface area contributed by atoms with Crippen molar-refractivity contribution in [1.29, 1.82) is 0 Å². The molecule has 1 aromatic heterocycles. The van der Waals surface area contributed by atoms with Crippen LogP contribution >= 0.6 is 0 Å². The van der Waals surface area contributed by atoms with Crippen LogP contribution in [-0.2, 0) is 17.9 Å². The predicted molar refractivity (Wildman–Crippen MR) is 42.4 cm³/mol. The quantitative estimate of drug-likeness (QED) is 0.681. The summed E-state index contributed by atoms with van der Waals surface area (Å²) < 4.78 is 6.69. The Balaban J connectivity index is 2.61. The largest absolute Gasteiger partial charge is 0.388 e. The van der Waals surface area contributed by atoms with Crippen molar-refractivity contribution in [3.05, 3.63) is 12.2 Å². The van der Waals surface area contributed by atoms with Crippen LogP contribution in [-0.4, -0.2) is 33.1 Å². The van der Waals surface area contributed by atoms with Crippen LogP contribution in [0.2, 0.25) is 0 Å². The smallest absolute Gasteiger partial charge is 0.152 e. The molecule has 0 aromatic carbocycles. The molecule has 1 unspecified atom stereocenters. The number of aliphatic hydroxyl groups excluding tert-OH is 1. The second-order valence-corrected chi connectivity index (χ2v) is 2.56. The van der Waals surface area contributed by atoms with Crippen molar-refractivity contribution in [3.63, 3.8) is 0 Å². The monoisotopic (exact) mass is 171 g/mol. The molecule has 1 N–H and O–H groups in total. The fourth-order valence-electron chi connectivity index (χ4n) is 0.881. The summed E-state index contributed by atoms with van der Waals surface area (Å²) in [5, 5.41) is 12.8. The maximum atomic E-state index is 8.83. The Bertz CT molecular complexity index is 236. The van der Waals surface area contributed by atoms with Crippen LogP contribution in [0.4, 0.5) is 0 Å². The molecule has 0 radical (unpaired) electrons. The minimum absolute atomic E-state index is 0.0806. The minimum Gasteiger partial charge on any atom is -0.388 e. The zero-order chi connectivity index (χ0) is 8.97. The SMILES string of the molecule is COC(C)Cn1ncnc1CO. The number of aromatic nitrogens is 3. The molecule has 0 spiro atoms. The van der Waals surface area contributed by atoms with Gasteiger partial charge in [0.1, 0.15) is 12.9 Å². The third-order valence-electron chi connectivity index (χ3n) is 1.67. The van der Waals surface area contributed by atoms with Crippen molar-refractivity contribution in [1.82, 2.24) is 14.8 Å². The molecule has 0 saturated heterocycles. The molecule has 0 amide bonds. The zero-order valence-electron chi connectivity index (χ0n) is 7.27. The number of nitrogens with zero attached hydrogens (tertiary/aromatic N) is 3. The van der Waals surface area contributed by atoms with Gasteiger partial charge in [0.25, 0.3) is 0 Å². The average Bonchev–Trinajstić information content (AvgIpc) is 2.51. The summed E-state index contributed by atoms with van der Waals surface area (Å²) in [6.07, 6.45) is 1.51. The lowest BCUT2D eigenvalue weighted by atomic mass is 10.4. The maximum Gasteiger partial charge on any atom is 0.152 e. The van der Waals surface area contributed by atoms with E-state index in [4.69, 9.17) is 9.84 Å². The first-order valence-corrected chi connectivity index (χ1v) is 3.78. The molecule has 0 saturated carbocycles. The molecular weight excluding hydrogens is 158 g/mol. The van der Waals surface area contributed by atoms with Gasteiger partial charge in [-0.15, -0.1) is 0 Å². The first-order valence-electron chi connectivity index (χ1n) is 3.78. The lowest BCUT2D eigenvalue weighted by Gasteiger charge is -2.09. The Hall–Kier alpha value is -0.940. The van der Waals surface area contributed by atoms with Crippen LogP contribution in [0, 0.1) is 0 Å². The molecule has 0 bridgehead atoms. The molecule has 5 nitrogen and oxygen atoms in total. The lowest BCUT2D eigenvalue weighted by molar-refractivity contribution is 0.0971. The number of hydrogen-bond acceptors (Lipinski definition) is 4. The van der Waals surface area contributed by atoms with Crippen molar-refractivity contribution >= 4 is 0 Å². The Kier molecular flexibility index (Phi) is 3.19. The molecule has 12 heavy (non-hydrogen) atoms. The first-order chi connectivity index (χ1) is 5.77. The molecule has 68 valence electrons. The van der Waals surface area contributed by atoms with Gasteiger partial charge in [-0.25, -0.2) is 9.67 Å². The Morgan fingerprint density at radius 1 is 1.75 bits per heavy atom. The summed E-state index contributed by atoms with van der Waals surface area (Å²) in [5.74, 6) is 0.568. The third kappa shape index (κ3) is 2.02. The van der Waals surface area contributed by atoms with Gasteiger partial charge in [-0.2, -0.15) is 5.10 Å². The molecule has 1 aromatic rings. The number of ether oxygens (including phenoxy) is 1. The highest BCUT2D eigenvalue weighted by Crippen LogP contribution is 1.97. The normalized spacial score (nSPS) is 13.2. The van der Waals surface area contributed by atoms with E-state index in [1.165, 1.54) is 6.33 Å². The van der Waals surface area contributed by atoms with E-state index in [2.05, 4.69) is 10.1 Å². The fraction of sp³-hybridized carbons (Fsp3) is 0.714. The Labute approximate surface area is 71.0 Å². The lowest BCUT2D eigenvalue weighted by Crippen LogP contribution is -2.17. The molecule has 1 heterocycles. The van der Waals surface area contributed by atoms with Gasteiger partial charge >= 0.3 is 0 Å². The van der Waals surface area contributed by atoms with E-state index in [0.717, 1.165) is 0 Å². The summed E-state index contributed by atoms with van der Waals surface area (Å²) in [6.45, 7) is 2.46. The Morgan fingerprint density at radius 2 is 2.50 bits per heavy atom. The van der Waals surface area contributed by atoms with Gasteiger partial charge in [-0.1, -0.05) is 0 Å². The second kappa shape index (κ2) is 4.18. The van der Waals surface area contributed by atoms with Crippen LogP contribution in [0.5, 0.6) is 0 Å². The van der Waals surface area contributed by atoms with Gasteiger partial charge in [-0.3, -0.25) is 0 Å². The van der Waals surface area contributed by atoms with Gasteiger partial charge in [0.15, 0.2) is 5.82 Å². The minimum atomic E-state index is -0.0869. The van der Waals surface area contributed by atoms with E-state index in [-0.39, 0.29) is 12.7 Å². The Morgan fingerprint density at radius 3 is 3.08 bits per heavy atom. The third-order valence-corrected chi connectivity index (χ3v) is 1.67. The number of methoxy groups -OCH3 is 1. The fourth-order valence-corrected chi connectivity index (χ4v) is 0.881. The first kappa shape index (κ1) is 9.15. The van der Waals surface area contributed by atoms with Crippen molar-refractivity contribution in [2.45, 2.75) is 26.2 Å². The zero-order valence-corrected chi connectivity index (χ0v) is 7.27. The molecule has 5 heteroatoms. The topological polar surface area (TPSA) is 60.2 Å². The van der Waals surface area contributed by atoms with E-state index < -0.39 is 0 Å². The van der Waals surface area contributed by atoms with Crippen LogP contribution in [0.3, 0.4) is 0 Å². The second-order valence-electron chi connectivity index (χ2n) is 2.56. The van der Waals surface area contributed by atoms with Crippen LogP contribution in [0.1, 0.15) is 12.7 Å². The van der Waals surface area contributed by atoms with Crippen molar-refractivity contribution < 1.29 is 9.84 Å². The van der Waals surface area contributed by atoms with Crippen molar-refractivity contribution in [2.75, 3.05) is 7.11 Å². The summed E-state index contributed by atoms with van der Waals surface area (Å²) in [7, 11) is 1.64. The molecule has 1 rings (SSSR count). The highest BCUT2D eigenvalue weighted by Gasteiger charge is 2.06. The number of hydrogen-bond donors (Lipinski definition) is 1. The van der Waals surface area contributed by atoms with Crippen molar-refractivity contribution in [2.24, 2.45) is 0 Å². The van der Waals surface area contributed by atoms with E-state index in [0.29, 0.717) is 12.4 Å². The van der Waals surface area contributed by atoms with Crippen LogP contribution in [0.15, 0.2) is 6.33 Å². The molecular formula is C7H13N3O2. The maximum absolute atomic E-state index is 8.83. The van der Waals surface area contributed by atoms with Crippen LogP contribution in [0.25, 0.3) is 0 Å². The summed E-state index contributed by atoms with van der Waals surface area (Å²) in [4.78, 5) is 3.87. The van der Waals surface area contributed by atoms with Gasteiger partial charge < -0.3 is 9.84 Å². The summed E-state index contributed by atoms with van der Waals surface area (Å²) in [5.41, 5.74) is 0. The molecule has 0 aliphatic rings. The van der Waals surface area contributed by atoms with Gasteiger partial charge in [0.05, 0.1) is 12.6 Å². The number of aliphatic hydroxyl groups is 1. The highest BCUT2D eigenvalue weighted by molar-refractivity contribution is 4.81. The predicted octanol–water partition coefficient (Wildman–Crippen LogP) is -0.195. The van der Waals surface area contributed by atoms with Gasteiger partial charge in [-0.05, 0) is 6.92 Å². The molecule has 0 aliphatic heterocycles. The molecule has 1 atom stereocenters.